The van der Waals surface area contributed by atoms with E-state index in [0.29, 0.717) is 5.92 Å². The first kappa shape index (κ1) is 14.7. The highest BCUT2D eigenvalue weighted by Crippen LogP contribution is 2.25. The summed E-state index contributed by atoms with van der Waals surface area (Å²) in [6, 6.07) is 17.4. The van der Waals surface area contributed by atoms with E-state index in [4.69, 9.17) is 0 Å². The Balaban J connectivity index is 2.16. The molecule has 0 aliphatic heterocycles. The van der Waals surface area contributed by atoms with Crippen molar-refractivity contribution < 1.29 is 4.39 Å². The van der Waals surface area contributed by atoms with Gasteiger partial charge >= 0.3 is 0 Å². The maximum Gasteiger partial charge on any atom is 0.123 e. The number of hydrogen-bond donors (Lipinski definition) is 0. The zero-order valence-corrected chi connectivity index (χ0v) is 12.2. The molecule has 0 aliphatic carbocycles. The van der Waals surface area contributed by atoms with Gasteiger partial charge in [-0.1, -0.05) is 42.5 Å². The van der Waals surface area contributed by atoms with Gasteiger partial charge in [-0.15, -0.1) is 0 Å². The maximum absolute atomic E-state index is 13.5. The van der Waals surface area contributed by atoms with Crippen molar-refractivity contribution in [2.75, 3.05) is 20.6 Å². The molecule has 0 fully saturated rings. The third-order valence-corrected chi connectivity index (χ3v) is 3.57. The Labute approximate surface area is 121 Å². The van der Waals surface area contributed by atoms with E-state index < -0.39 is 0 Å². The van der Waals surface area contributed by atoms with Crippen LogP contribution >= 0.6 is 0 Å². The predicted octanol–water partition coefficient (Wildman–Crippen LogP) is 4.10. The Bertz CT molecular complexity index is 522. The van der Waals surface area contributed by atoms with Crippen LogP contribution < -0.4 is 0 Å². The molecule has 106 valence electrons. The van der Waals surface area contributed by atoms with Gasteiger partial charge in [0.05, 0.1) is 0 Å². The summed E-state index contributed by atoms with van der Waals surface area (Å²) < 4.78 is 13.5. The summed E-state index contributed by atoms with van der Waals surface area (Å²) in [5.41, 5.74) is 2.40. The third-order valence-electron chi connectivity index (χ3n) is 3.57. The van der Waals surface area contributed by atoms with Gasteiger partial charge in [0.1, 0.15) is 5.82 Å². The molecule has 20 heavy (non-hydrogen) atoms. The van der Waals surface area contributed by atoms with Crippen LogP contribution in [0.15, 0.2) is 54.6 Å². The van der Waals surface area contributed by atoms with Gasteiger partial charge in [-0.25, -0.2) is 4.39 Å². The molecule has 0 saturated carbocycles. The SMILES string of the molecule is CN(C)CCC(Cc1ccccc1)c1cccc(F)c1. The smallest absolute Gasteiger partial charge is 0.123 e. The molecule has 2 rings (SSSR count). The van der Waals surface area contributed by atoms with Gasteiger partial charge in [0.2, 0.25) is 0 Å². The van der Waals surface area contributed by atoms with Gasteiger partial charge < -0.3 is 4.90 Å². The van der Waals surface area contributed by atoms with Crippen LogP contribution in [0.2, 0.25) is 0 Å². The topological polar surface area (TPSA) is 3.24 Å². The van der Waals surface area contributed by atoms with Crippen LogP contribution in [0.25, 0.3) is 0 Å². The summed E-state index contributed by atoms with van der Waals surface area (Å²) in [4.78, 5) is 2.18. The van der Waals surface area contributed by atoms with Crippen molar-refractivity contribution in [2.45, 2.75) is 18.8 Å². The molecule has 0 heterocycles. The Morgan fingerprint density at radius 3 is 2.40 bits per heavy atom. The van der Waals surface area contributed by atoms with Crippen molar-refractivity contribution in [1.29, 1.82) is 0 Å². The lowest BCUT2D eigenvalue weighted by Gasteiger charge is -2.20. The van der Waals surface area contributed by atoms with Crippen molar-refractivity contribution in [1.82, 2.24) is 4.90 Å². The molecule has 2 heteroatoms. The van der Waals surface area contributed by atoms with E-state index in [1.165, 1.54) is 11.6 Å². The van der Waals surface area contributed by atoms with E-state index in [9.17, 15) is 4.39 Å². The lowest BCUT2D eigenvalue weighted by molar-refractivity contribution is 0.379. The van der Waals surface area contributed by atoms with Crippen molar-refractivity contribution in [3.63, 3.8) is 0 Å². The van der Waals surface area contributed by atoms with Gasteiger partial charge in [0.15, 0.2) is 0 Å². The van der Waals surface area contributed by atoms with Crippen LogP contribution in [0.3, 0.4) is 0 Å². The number of halogens is 1. The van der Waals surface area contributed by atoms with Crippen molar-refractivity contribution >= 4 is 0 Å². The molecule has 2 aromatic rings. The van der Waals surface area contributed by atoms with Gasteiger partial charge in [0, 0.05) is 0 Å². The molecule has 0 radical (unpaired) electrons. The Hall–Kier alpha value is -1.67. The van der Waals surface area contributed by atoms with Crippen LogP contribution in [-0.2, 0) is 6.42 Å². The molecular weight excluding hydrogens is 249 g/mol. The standard InChI is InChI=1S/C18H22FN/c1-20(2)12-11-17(13-15-7-4-3-5-8-15)16-9-6-10-18(19)14-16/h3-10,14,17H,11-13H2,1-2H3. The van der Waals surface area contributed by atoms with E-state index in [1.54, 1.807) is 12.1 Å². The second-order valence-corrected chi connectivity index (χ2v) is 5.53. The van der Waals surface area contributed by atoms with Crippen LogP contribution in [0.1, 0.15) is 23.5 Å². The highest BCUT2D eigenvalue weighted by molar-refractivity contribution is 5.25. The van der Waals surface area contributed by atoms with Gasteiger partial charge in [-0.2, -0.15) is 0 Å². The molecular formula is C18H22FN. The van der Waals surface area contributed by atoms with E-state index in [-0.39, 0.29) is 5.82 Å². The van der Waals surface area contributed by atoms with Crippen LogP contribution in [-0.4, -0.2) is 25.5 Å². The van der Waals surface area contributed by atoms with Gasteiger partial charge in [0.25, 0.3) is 0 Å². The highest BCUT2D eigenvalue weighted by Gasteiger charge is 2.13. The molecule has 2 aromatic carbocycles. The maximum atomic E-state index is 13.5. The molecule has 0 N–H and O–H groups in total. The van der Waals surface area contributed by atoms with E-state index in [0.717, 1.165) is 24.9 Å². The Morgan fingerprint density at radius 1 is 1.00 bits per heavy atom. The number of nitrogens with zero attached hydrogens (tertiary/aromatic N) is 1. The molecule has 0 aliphatic rings. The summed E-state index contributed by atoms with van der Waals surface area (Å²) in [5, 5.41) is 0. The summed E-state index contributed by atoms with van der Waals surface area (Å²) in [6.07, 6.45) is 1.99. The summed E-state index contributed by atoms with van der Waals surface area (Å²) >= 11 is 0. The zero-order chi connectivity index (χ0) is 14.4. The average Bonchev–Trinajstić information content (AvgIpc) is 2.44. The number of rotatable bonds is 6. The van der Waals surface area contributed by atoms with Crippen molar-refractivity contribution in [2.24, 2.45) is 0 Å². The van der Waals surface area contributed by atoms with Gasteiger partial charge in [-0.3, -0.25) is 0 Å². The second kappa shape index (κ2) is 7.20. The normalized spacial score (nSPS) is 12.6. The van der Waals surface area contributed by atoms with Crippen LogP contribution in [0, 0.1) is 5.82 Å². The fourth-order valence-corrected chi connectivity index (χ4v) is 2.46. The largest absolute Gasteiger partial charge is 0.309 e. The molecule has 0 aromatic heterocycles. The molecule has 1 atom stereocenters. The minimum Gasteiger partial charge on any atom is -0.309 e. The summed E-state index contributed by atoms with van der Waals surface area (Å²) in [6.45, 7) is 1.01. The lowest BCUT2D eigenvalue weighted by atomic mass is 9.89. The molecule has 0 saturated heterocycles. The molecule has 0 bridgehead atoms. The molecule has 1 unspecified atom stereocenters. The predicted molar refractivity (Wildman–Crippen MR) is 82.5 cm³/mol. The molecule has 0 spiro atoms. The van der Waals surface area contributed by atoms with Crippen LogP contribution in [0.5, 0.6) is 0 Å². The minimum atomic E-state index is -0.148. The van der Waals surface area contributed by atoms with Crippen molar-refractivity contribution in [3.8, 4) is 0 Å². The zero-order valence-electron chi connectivity index (χ0n) is 12.2. The van der Waals surface area contributed by atoms with E-state index >= 15 is 0 Å². The molecule has 1 nitrogen and oxygen atoms in total. The number of hydrogen-bond acceptors (Lipinski definition) is 1. The van der Waals surface area contributed by atoms with Crippen molar-refractivity contribution in [3.05, 3.63) is 71.5 Å². The lowest BCUT2D eigenvalue weighted by Crippen LogP contribution is -2.17. The highest BCUT2D eigenvalue weighted by atomic mass is 19.1. The first-order valence-electron chi connectivity index (χ1n) is 7.09. The first-order chi connectivity index (χ1) is 9.65. The number of benzene rings is 2. The Kier molecular flexibility index (Phi) is 5.31. The fraction of sp³-hybridized carbons (Fsp3) is 0.333. The monoisotopic (exact) mass is 271 g/mol. The third kappa shape index (κ3) is 4.46. The summed E-state index contributed by atoms with van der Waals surface area (Å²) in [5.74, 6) is 0.209. The summed E-state index contributed by atoms with van der Waals surface area (Å²) in [7, 11) is 4.15. The first-order valence-corrected chi connectivity index (χ1v) is 7.09. The Morgan fingerprint density at radius 2 is 1.75 bits per heavy atom. The quantitative estimate of drug-likeness (QED) is 0.764. The van der Waals surface area contributed by atoms with E-state index in [2.05, 4.69) is 43.3 Å². The average molecular weight is 271 g/mol. The fourth-order valence-electron chi connectivity index (χ4n) is 2.46. The van der Waals surface area contributed by atoms with E-state index in [1.807, 2.05) is 12.1 Å². The minimum absolute atomic E-state index is 0.148. The second-order valence-electron chi connectivity index (χ2n) is 5.53. The van der Waals surface area contributed by atoms with Crippen LogP contribution in [0.4, 0.5) is 4.39 Å². The van der Waals surface area contributed by atoms with Gasteiger partial charge in [-0.05, 0) is 62.7 Å². The molecule has 0 amide bonds.